The van der Waals surface area contributed by atoms with Crippen molar-refractivity contribution in [3.05, 3.63) is 282 Å². The highest BCUT2D eigenvalue weighted by Crippen LogP contribution is 2.40. The van der Waals surface area contributed by atoms with Crippen LogP contribution in [0.1, 0.15) is 215 Å². The molecule has 2 unspecified atom stereocenters. The number of nitrogen functional groups attached to an aromatic ring is 4. The van der Waals surface area contributed by atoms with E-state index in [2.05, 4.69) is 36.6 Å². The summed E-state index contributed by atoms with van der Waals surface area (Å²) >= 11 is 0. The maximum atomic E-state index is 15.1. The summed E-state index contributed by atoms with van der Waals surface area (Å²) in [7, 11) is 0. The Kier molecular flexibility index (Phi) is 29.9. The number of nitrogens with one attached hydrogen (secondary N) is 4. The average molecular weight is 1770 g/mol. The molecule has 4 aliphatic rings. The van der Waals surface area contributed by atoms with Gasteiger partial charge in [-0.25, -0.2) is 31.9 Å². The highest BCUT2D eigenvalue weighted by molar-refractivity contribution is 6.06. The van der Waals surface area contributed by atoms with E-state index in [1.54, 1.807) is 64.0 Å². The van der Waals surface area contributed by atoms with Gasteiger partial charge in [-0.3, -0.25) is 38.4 Å². The number of primary amides is 4. The van der Waals surface area contributed by atoms with Crippen molar-refractivity contribution in [2.45, 2.75) is 143 Å². The number of benzene rings is 8. The molecule has 3 saturated heterocycles. The van der Waals surface area contributed by atoms with Gasteiger partial charge in [-0.1, -0.05) is 122 Å². The summed E-state index contributed by atoms with van der Waals surface area (Å²) in [5, 5.41) is 29.4. The van der Waals surface area contributed by atoms with Gasteiger partial charge >= 0.3 is 0 Å². The molecule has 1 saturated carbocycles. The predicted molar refractivity (Wildman–Crippen MR) is 487 cm³/mol. The van der Waals surface area contributed by atoms with Gasteiger partial charge in [0, 0.05) is 97.1 Å². The number of halogens is 3. The number of carbonyl (C=O) groups excluding carboxylic acids is 8. The highest BCUT2D eigenvalue weighted by atomic mass is 19.1. The quantitative estimate of drug-likeness (QED) is 0.0267. The first kappa shape index (κ1) is 92.9. The third kappa shape index (κ3) is 21.2. The first-order chi connectivity index (χ1) is 62.5. The Bertz CT molecular complexity index is 5880. The molecule has 12 aromatic rings. The molecule has 4 fully saturated rings. The normalized spacial score (nSPS) is 14.9. The van der Waals surface area contributed by atoms with Crippen molar-refractivity contribution in [2.24, 2.45) is 22.9 Å². The molecule has 130 heavy (non-hydrogen) atoms. The molecule has 0 spiro atoms. The number of aryl methyl sites for hydroxylation is 5. The molecule has 34 heteroatoms. The van der Waals surface area contributed by atoms with Gasteiger partial charge in [0.2, 0.25) is 0 Å². The van der Waals surface area contributed by atoms with Crippen molar-refractivity contribution >= 4 is 70.5 Å². The fourth-order valence-electron chi connectivity index (χ4n) is 16.4. The van der Waals surface area contributed by atoms with Gasteiger partial charge in [-0.2, -0.15) is 20.4 Å². The minimum Gasteiger partial charge on any atom is -0.383 e. The second kappa shape index (κ2) is 41.8. The van der Waals surface area contributed by atoms with Crippen LogP contribution in [0.4, 0.5) is 36.4 Å². The maximum Gasteiger partial charge on any atom is 0.254 e. The second-order valence-electron chi connectivity index (χ2n) is 32.4. The number of ether oxygens (including phenoxy) is 3. The van der Waals surface area contributed by atoms with E-state index in [1.165, 1.54) is 45.8 Å². The van der Waals surface area contributed by atoms with Crippen LogP contribution in [-0.2, 0) is 40.4 Å². The number of nitrogens with zero attached hydrogens (tertiary/aromatic N) is 8. The largest absolute Gasteiger partial charge is 0.383 e. The minimum atomic E-state index is -0.781. The second-order valence-corrected chi connectivity index (χ2v) is 32.4. The van der Waals surface area contributed by atoms with E-state index in [4.69, 9.17) is 65.2 Å². The Hall–Kier alpha value is -14.8. The Morgan fingerprint density at radius 1 is 0.323 bits per heavy atom. The lowest BCUT2D eigenvalue weighted by Crippen LogP contribution is -2.24. The third-order valence-electron chi connectivity index (χ3n) is 23.5. The molecule has 8 aromatic carbocycles. The van der Waals surface area contributed by atoms with E-state index in [0.29, 0.717) is 116 Å². The van der Waals surface area contributed by atoms with Crippen molar-refractivity contribution in [3.63, 3.8) is 0 Å². The lowest BCUT2D eigenvalue weighted by atomic mass is 9.99. The summed E-state index contributed by atoms with van der Waals surface area (Å²) in [6.45, 7) is 13.4. The molecule has 0 radical (unpaired) electrons. The van der Waals surface area contributed by atoms with Crippen molar-refractivity contribution in [1.29, 1.82) is 0 Å². The molecule has 4 aromatic heterocycles. The van der Waals surface area contributed by atoms with Crippen molar-refractivity contribution in [1.82, 2.24) is 60.4 Å². The molecule has 676 valence electrons. The molecule has 8 amide bonds. The van der Waals surface area contributed by atoms with E-state index in [1.807, 2.05) is 113 Å². The Balaban J connectivity index is 0.000000148. The van der Waals surface area contributed by atoms with Crippen LogP contribution in [0.25, 0.3) is 45.0 Å². The van der Waals surface area contributed by atoms with Crippen molar-refractivity contribution < 1.29 is 65.7 Å². The number of carbonyl (C=O) groups is 8. The van der Waals surface area contributed by atoms with Crippen LogP contribution < -0.4 is 67.1 Å². The van der Waals surface area contributed by atoms with Gasteiger partial charge in [0.05, 0.1) is 37.4 Å². The maximum absolute atomic E-state index is 15.1. The monoisotopic (exact) mass is 1770 g/mol. The molecular formula is C96H105F3N20O11. The SMILES string of the molecule is Cc1ccccc1C(=O)NCc1ccc(-c2nn(C3CCCC3)c(N)c2C(N)=O)c(C)c1.Cc1ccccc1C(=O)NCc1ccc(-c2nn(C3CCCOC3)c(N)c2C(N)=O)c(F)c1.Cc1ccccc1C(=O)NCc1ccc(-c2nn(C3CCOC3)c(N)c2C(N)=O)c(F)c1.Cc1ccccc1C(=O)NCc1ccc(-c2nn(C3CCOCC3)c(N)c2C(N)=O)c(F)c1. The van der Waals surface area contributed by atoms with Crippen LogP contribution >= 0.6 is 0 Å². The molecule has 1 aliphatic carbocycles. The van der Waals surface area contributed by atoms with Crippen molar-refractivity contribution in [2.75, 3.05) is 62.6 Å². The summed E-state index contributed by atoms with van der Waals surface area (Å²) in [6, 6.07) is 48.3. The minimum absolute atomic E-state index is 0.000924. The van der Waals surface area contributed by atoms with E-state index < -0.39 is 41.1 Å². The number of amides is 8. The van der Waals surface area contributed by atoms with E-state index in [-0.39, 0.29) is 141 Å². The summed E-state index contributed by atoms with van der Waals surface area (Å²) < 4.78 is 67.8. The molecule has 0 bridgehead atoms. The van der Waals surface area contributed by atoms with E-state index in [0.717, 1.165) is 77.5 Å². The zero-order valence-electron chi connectivity index (χ0n) is 72.7. The smallest absolute Gasteiger partial charge is 0.254 e. The summed E-state index contributed by atoms with van der Waals surface area (Å²) in [5.41, 5.74) is 58.8. The number of hydrogen-bond donors (Lipinski definition) is 12. The summed E-state index contributed by atoms with van der Waals surface area (Å²) in [4.78, 5) is 98.3. The highest BCUT2D eigenvalue weighted by Gasteiger charge is 2.34. The van der Waals surface area contributed by atoms with Gasteiger partial charge in [0.1, 0.15) is 85.8 Å². The van der Waals surface area contributed by atoms with Crippen LogP contribution in [0.3, 0.4) is 0 Å². The Morgan fingerprint density at radius 2 is 0.585 bits per heavy atom. The number of nitrogens with two attached hydrogens (primary N) is 8. The fraction of sp³-hybridized carbons (Fsp3) is 0.292. The molecule has 31 nitrogen and oxygen atoms in total. The number of hydrogen-bond acceptors (Lipinski definition) is 19. The van der Waals surface area contributed by atoms with Crippen LogP contribution in [0.5, 0.6) is 0 Å². The topological polar surface area (TPSA) is 492 Å². The predicted octanol–water partition coefficient (Wildman–Crippen LogP) is 12.4. The number of anilines is 4. The lowest BCUT2D eigenvalue weighted by molar-refractivity contribution is 0.0558. The third-order valence-corrected chi connectivity index (χ3v) is 23.5. The molecule has 20 N–H and O–H groups in total. The van der Waals surface area contributed by atoms with Crippen LogP contribution in [0.15, 0.2) is 170 Å². The van der Waals surface area contributed by atoms with E-state index in [9.17, 15) is 38.4 Å². The van der Waals surface area contributed by atoms with Gasteiger partial charge in [-0.15, -0.1) is 0 Å². The standard InChI is InChI=1S/C25H29N5O2.2C24H26FN5O3.C23H24FN5O3/c1-15-7-3-6-10-20(15)25(32)28-14-17-11-12-19(16(2)13-17)22-21(24(27)31)23(26)30(29-22)18-8-4-5-9-18;1-14-5-2-3-7-17(14)24(32)28-12-15-8-9-18(19(25)11-15)21-20(23(27)31)22(26)30(29-21)16-6-4-10-33-13-16;1-14-4-2-3-5-17(14)24(32)28-13-15-6-7-18(19(25)12-15)21-20(23(27)31)22(26)30(29-21)16-8-10-33-11-9-16;1-13-4-2-3-5-16(13)23(31)27-11-14-6-7-17(18(24)10-14)20-19(22(26)30)21(25)29(28-20)15-8-9-32-12-15/h3,6-7,10-13,18H,4-5,8-9,14,26H2,1-2H3,(H2,27,31)(H,28,32);2-3,5,7-9,11,16H,4,6,10,12-13,26H2,1H3,(H2,27,31)(H,28,32);2-7,12,16H,8-11,13,26H2,1H3,(H2,27,31)(H,28,32);2-7,10,15H,8-9,11-12,25H2,1H3,(H2,26,30)(H,27,31). The van der Waals surface area contributed by atoms with Gasteiger partial charge in [-0.05, 0) is 190 Å². The van der Waals surface area contributed by atoms with Gasteiger partial charge in [0.25, 0.3) is 47.3 Å². The van der Waals surface area contributed by atoms with Crippen molar-refractivity contribution in [3.8, 4) is 45.0 Å². The zero-order valence-corrected chi connectivity index (χ0v) is 72.7. The summed E-state index contributed by atoms with van der Waals surface area (Å²) in [5.74, 6) is -4.85. The first-order valence-electron chi connectivity index (χ1n) is 42.7. The average Bonchev–Trinajstić information content (AvgIpc) is 1.65. The Labute approximate surface area is 748 Å². The molecular weight excluding hydrogens is 1670 g/mol. The van der Waals surface area contributed by atoms with Crippen LogP contribution in [-0.4, -0.2) is 126 Å². The number of rotatable bonds is 24. The molecule has 2 atom stereocenters. The zero-order chi connectivity index (χ0) is 92.7. The molecule has 16 rings (SSSR count). The first-order valence-corrected chi connectivity index (χ1v) is 42.7. The van der Waals surface area contributed by atoms with E-state index >= 15 is 13.2 Å². The molecule has 3 aliphatic heterocycles. The summed E-state index contributed by atoms with van der Waals surface area (Å²) in [6.07, 6.45) is 7.95. The van der Waals surface area contributed by atoms with Gasteiger partial charge < -0.3 is 81.3 Å². The van der Waals surface area contributed by atoms with Gasteiger partial charge in [0.15, 0.2) is 0 Å². The van der Waals surface area contributed by atoms with Crippen LogP contribution in [0.2, 0.25) is 0 Å². The lowest BCUT2D eigenvalue weighted by Gasteiger charge is -2.23. The molecule has 7 heterocycles. The van der Waals surface area contributed by atoms with Crippen LogP contribution in [0, 0.1) is 52.1 Å². The Morgan fingerprint density at radius 3 is 0.877 bits per heavy atom. The number of aromatic nitrogens is 8. The fourth-order valence-corrected chi connectivity index (χ4v) is 16.4.